The van der Waals surface area contributed by atoms with Gasteiger partial charge in [-0.05, 0) is 50.1 Å². The maximum atomic E-state index is 12.3. The van der Waals surface area contributed by atoms with E-state index < -0.39 is 0 Å². The number of pyridine rings is 1. The Bertz CT molecular complexity index is 951. The highest BCUT2D eigenvalue weighted by Gasteiger charge is 2.12. The summed E-state index contributed by atoms with van der Waals surface area (Å²) in [6.45, 7) is 7.42. The average Bonchev–Trinajstić information content (AvgIpc) is 2.97. The van der Waals surface area contributed by atoms with Crippen LogP contribution in [0, 0.1) is 19.8 Å². The number of carbonyl (C=O) groups excluding carboxylic acids is 1. The number of methoxy groups -OCH3 is 1. The predicted octanol–water partition coefficient (Wildman–Crippen LogP) is 3.51. The molecule has 0 saturated heterocycles. The molecule has 0 unspecified atom stereocenters. The van der Waals surface area contributed by atoms with E-state index in [9.17, 15) is 4.79 Å². The summed E-state index contributed by atoms with van der Waals surface area (Å²) < 4.78 is 7.31. The van der Waals surface area contributed by atoms with Crippen LogP contribution in [0.3, 0.4) is 0 Å². The number of hydrogen-bond acceptors (Lipinski definition) is 4. The molecule has 7 nitrogen and oxygen atoms in total. The molecule has 0 aliphatic carbocycles. The molecule has 27 heavy (non-hydrogen) atoms. The van der Waals surface area contributed by atoms with Crippen LogP contribution in [0.15, 0.2) is 36.5 Å². The summed E-state index contributed by atoms with van der Waals surface area (Å²) in [5, 5.41) is 11.1. The van der Waals surface area contributed by atoms with Crippen LogP contribution < -0.4 is 15.4 Å². The van der Waals surface area contributed by atoms with Gasteiger partial charge in [0.15, 0.2) is 0 Å². The minimum Gasteiger partial charge on any atom is -0.494 e. The van der Waals surface area contributed by atoms with Gasteiger partial charge in [-0.1, -0.05) is 6.92 Å². The van der Waals surface area contributed by atoms with Crippen molar-refractivity contribution in [3.8, 4) is 5.75 Å². The first kappa shape index (κ1) is 18.7. The molecule has 0 radical (unpaired) electrons. The predicted molar refractivity (Wildman–Crippen MR) is 106 cm³/mol. The van der Waals surface area contributed by atoms with Gasteiger partial charge in [-0.25, -0.2) is 4.79 Å². The van der Waals surface area contributed by atoms with Crippen molar-refractivity contribution in [2.75, 3.05) is 19.0 Å². The van der Waals surface area contributed by atoms with E-state index in [0.29, 0.717) is 18.0 Å². The first-order chi connectivity index (χ1) is 13.0. The zero-order valence-corrected chi connectivity index (χ0v) is 16.1. The Morgan fingerprint density at radius 2 is 2.11 bits per heavy atom. The van der Waals surface area contributed by atoms with Crippen molar-refractivity contribution in [3.05, 3.63) is 47.9 Å². The summed E-state index contributed by atoms with van der Waals surface area (Å²) in [4.78, 5) is 16.7. The smallest absolute Gasteiger partial charge is 0.319 e. The van der Waals surface area contributed by atoms with E-state index in [1.165, 1.54) is 0 Å². The number of benzene rings is 1. The van der Waals surface area contributed by atoms with E-state index in [0.717, 1.165) is 28.8 Å². The van der Waals surface area contributed by atoms with E-state index in [4.69, 9.17) is 4.74 Å². The Hall–Kier alpha value is -3.09. The van der Waals surface area contributed by atoms with Crippen LogP contribution in [-0.4, -0.2) is 34.5 Å². The normalized spacial score (nSPS) is 12.0. The number of amides is 2. The lowest BCUT2D eigenvalue weighted by Gasteiger charge is -2.15. The maximum absolute atomic E-state index is 12.3. The molecule has 1 aromatic carbocycles. The van der Waals surface area contributed by atoms with Crippen LogP contribution in [0.1, 0.15) is 18.3 Å². The molecule has 2 heterocycles. The summed E-state index contributed by atoms with van der Waals surface area (Å²) in [5.74, 6) is 0.929. The van der Waals surface area contributed by atoms with Gasteiger partial charge in [0, 0.05) is 30.4 Å². The highest BCUT2D eigenvalue weighted by atomic mass is 16.5. The van der Waals surface area contributed by atoms with E-state index in [2.05, 4.69) is 33.7 Å². The zero-order valence-electron chi connectivity index (χ0n) is 16.1. The third kappa shape index (κ3) is 4.36. The summed E-state index contributed by atoms with van der Waals surface area (Å²) in [7, 11) is 1.60. The fourth-order valence-electron chi connectivity index (χ4n) is 3.07. The number of aryl methyl sites for hydroxylation is 2. The van der Waals surface area contributed by atoms with E-state index in [-0.39, 0.29) is 11.9 Å². The Kier molecular flexibility index (Phi) is 5.59. The summed E-state index contributed by atoms with van der Waals surface area (Å²) in [5.41, 5.74) is 3.55. The van der Waals surface area contributed by atoms with Crippen LogP contribution in [0.2, 0.25) is 0 Å². The second kappa shape index (κ2) is 8.07. The minimum absolute atomic E-state index is 0.245. The molecule has 142 valence electrons. The molecule has 0 spiro atoms. The van der Waals surface area contributed by atoms with Gasteiger partial charge in [-0.15, -0.1) is 0 Å². The van der Waals surface area contributed by atoms with Gasteiger partial charge in [-0.3, -0.25) is 9.67 Å². The molecule has 0 fully saturated rings. The lowest BCUT2D eigenvalue weighted by molar-refractivity contribution is 0.249. The fraction of sp³-hybridized carbons (Fsp3) is 0.350. The molecule has 0 aliphatic rings. The van der Waals surface area contributed by atoms with Crippen LogP contribution in [0.4, 0.5) is 10.5 Å². The van der Waals surface area contributed by atoms with Gasteiger partial charge in [0.05, 0.1) is 18.5 Å². The molecular weight excluding hydrogens is 342 g/mol. The zero-order chi connectivity index (χ0) is 19.4. The van der Waals surface area contributed by atoms with E-state index in [1.54, 1.807) is 19.4 Å². The second-order valence-corrected chi connectivity index (χ2v) is 6.76. The van der Waals surface area contributed by atoms with Gasteiger partial charge >= 0.3 is 6.03 Å². The van der Waals surface area contributed by atoms with Crippen molar-refractivity contribution in [2.24, 2.45) is 5.92 Å². The number of nitrogens with zero attached hydrogens (tertiary/aromatic N) is 3. The Morgan fingerprint density at radius 1 is 1.30 bits per heavy atom. The lowest BCUT2D eigenvalue weighted by atomic mass is 10.1. The number of urea groups is 1. The van der Waals surface area contributed by atoms with E-state index in [1.807, 2.05) is 36.7 Å². The van der Waals surface area contributed by atoms with Crippen molar-refractivity contribution in [2.45, 2.75) is 27.3 Å². The number of nitrogens with one attached hydrogen (secondary N) is 2. The molecule has 0 aliphatic heterocycles. The number of anilines is 1. The van der Waals surface area contributed by atoms with Gasteiger partial charge in [0.25, 0.3) is 0 Å². The molecule has 3 aromatic rings. The fourth-order valence-corrected chi connectivity index (χ4v) is 3.07. The monoisotopic (exact) mass is 367 g/mol. The Morgan fingerprint density at radius 3 is 2.81 bits per heavy atom. The quantitative estimate of drug-likeness (QED) is 0.698. The third-order valence-corrected chi connectivity index (χ3v) is 4.40. The first-order valence-corrected chi connectivity index (χ1v) is 8.95. The summed E-state index contributed by atoms with van der Waals surface area (Å²) in [6, 6.07) is 9.17. The van der Waals surface area contributed by atoms with Crippen LogP contribution >= 0.6 is 0 Å². The molecule has 7 heteroatoms. The Labute approximate surface area is 158 Å². The highest BCUT2D eigenvalue weighted by Crippen LogP contribution is 2.29. The average molecular weight is 367 g/mol. The molecule has 3 rings (SSSR count). The molecule has 2 aromatic heterocycles. The number of carbonyl (C=O) groups is 1. The van der Waals surface area contributed by atoms with Gasteiger partial charge in [-0.2, -0.15) is 5.10 Å². The molecule has 1 atom stereocenters. The first-order valence-electron chi connectivity index (χ1n) is 8.95. The van der Waals surface area contributed by atoms with Crippen molar-refractivity contribution in [1.29, 1.82) is 0 Å². The van der Waals surface area contributed by atoms with E-state index >= 15 is 0 Å². The summed E-state index contributed by atoms with van der Waals surface area (Å²) >= 11 is 0. The minimum atomic E-state index is -0.245. The highest BCUT2D eigenvalue weighted by molar-refractivity contribution is 6.02. The summed E-state index contributed by atoms with van der Waals surface area (Å²) in [6.07, 6.45) is 1.70. The third-order valence-electron chi connectivity index (χ3n) is 4.40. The van der Waals surface area contributed by atoms with Crippen LogP contribution in [0.25, 0.3) is 10.9 Å². The van der Waals surface area contributed by atoms with Gasteiger partial charge < -0.3 is 15.4 Å². The number of ether oxygens (including phenoxy) is 1. The van der Waals surface area contributed by atoms with Crippen molar-refractivity contribution in [3.63, 3.8) is 0 Å². The maximum Gasteiger partial charge on any atom is 0.319 e. The molecular formula is C20H25N5O2. The molecule has 2 N–H and O–H groups in total. The van der Waals surface area contributed by atoms with Crippen LogP contribution in [0.5, 0.6) is 5.75 Å². The molecule has 2 amide bonds. The number of hydrogen-bond donors (Lipinski definition) is 2. The second-order valence-electron chi connectivity index (χ2n) is 6.76. The largest absolute Gasteiger partial charge is 0.494 e. The van der Waals surface area contributed by atoms with Crippen molar-refractivity contribution < 1.29 is 9.53 Å². The van der Waals surface area contributed by atoms with Gasteiger partial charge in [0.2, 0.25) is 0 Å². The lowest BCUT2D eigenvalue weighted by Crippen LogP contribution is -2.33. The van der Waals surface area contributed by atoms with Crippen LogP contribution in [-0.2, 0) is 6.54 Å². The topological polar surface area (TPSA) is 81.1 Å². The molecule has 0 saturated carbocycles. The van der Waals surface area contributed by atoms with Crippen molar-refractivity contribution in [1.82, 2.24) is 20.1 Å². The SMILES string of the molecule is COc1ccc(NC(=O)NC[C@@H](C)Cn2nc(C)cc2C)c2cccnc12. The van der Waals surface area contributed by atoms with Gasteiger partial charge in [0.1, 0.15) is 11.3 Å². The number of fused-ring (bicyclic) bond motifs is 1. The van der Waals surface area contributed by atoms with Crippen molar-refractivity contribution >= 4 is 22.6 Å². The standard InChI is InChI=1S/C20H25N5O2/c1-13(12-25-15(3)10-14(2)24-25)11-22-20(26)23-17-7-8-18(27-4)19-16(17)6-5-9-21-19/h5-10,13H,11-12H2,1-4H3,(H2,22,23,26)/t13-/m1/s1. The Balaban J connectivity index is 1.61. The molecule has 0 bridgehead atoms. The number of rotatable bonds is 6. The number of aromatic nitrogens is 3.